The van der Waals surface area contributed by atoms with Crippen LogP contribution < -0.4 is 20.2 Å². The molecule has 1 aliphatic heterocycles. The van der Waals surface area contributed by atoms with Crippen LogP contribution in [0.15, 0.2) is 54.6 Å². The zero-order valence-corrected chi connectivity index (χ0v) is 37.5. The molecule has 1 aliphatic rings. The Labute approximate surface area is 344 Å². The molecule has 2 amide bonds. The first-order chi connectivity index (χ1) is 27.0. The van der Waals surface area contributed by atoms with E-state index in [0.29, 0.717) is 26.0 Å². The summed E-state index contributed by atoms with van der Waals surface area (Å²) >= 11 is 0. The maximum Gasteiger partial charge on any atom is 0.325 e. The molecule has 57 heavy (non-hydrogen) atoms. The minimum absolute atomic E-state index is 0.000574. The summed E-state index contributed by atoms with van der Waals surface area (Å²) in [6.45, 7) is 19.2. The van der Waals surface area contributed by atoms with Gasteiger partial charge in [-0.25, -0.2) is 5.43 Å². The minimum Gasteiger partial charge on any atom is -0.460 e. The molecule has 1 saturated heterocycles. The molecule has 0 aliphatic carbocycles. The van der Waals surface area contributed by atoms with Crippen LogP contribution in [-0.2, 0) is 41.7 Å². The molecule has 3 rings (SSSR count). The normalized spacial score (nSPS) is 17.1. The molecule has 1 heterocycles. The van der Waals surface area contributed by atoms with E-state index in [0.717, 1.165) is 41.6 Å². The van der Waals surface area contributed by atoms with E-state index in [2.05, 4.69) is 55.4 Å². The van der Waals surface area contributed by atoms with Crippen molar-refractivity contribution in [3.8, 4) is 5.75 Å². The van der Waals surface area contributed by atoms with E-state index >= 15 is 0 Å². The molecule has 2 aromatic rings. The van der Waals surface area contributed by atoms with E-state index in [9.17, 15) is 19.2 Å². The fraction of sp³-hybridized carbons (Fsp3) is 0.600. The number of carbonyl (C=O) groups excluding carboxylic acids is 4. The molecule has 11 nitrogen and oxygen atoms in total. The van der Waals surface area contributed by atoms with Crippen molar-refractivity contribution in [2.45, 2.75) is 130 Å². The number of amides is 2. The molecule has 5 atom stereocenters. The van der Waals surface area contributed by atoms with Crippen molar-refractivity contribution in [2.75, 3.05) is 32.7 Å². The predicted octanol–water partition coefficient (Wildman–Crippen LogP) is 7.41. The van der Waals surface area contributed by atoms with Gasteiger partial charge >= 0.3 is 5.97 Å². The Morgan fingerprint density at radius 2 is 1.72 bits per heavy atom. The lowest BCUT2D eigenvalue weighted by atomic mass is 10.0. The maximum absolute atomic E-state index is 14.2. The minimum atomic E-state index is -1.45. The lowest BCUT2D eigenvalue weighted by Gasteiger charge is -2.43. The number of likely N-dealkylation sites (N-methyl/N-ethyl adjacent to an activating group) is 1. The Morgan fingerprint density at radius 1 is 1.04 bits per heavy atom. The molecule has 12 heteroatoms. The third kappa shape index (κ3) is 15.9. The number of carbonyl (C=O) groups is 4. The van der Waals surface area contributed by atoms with Gasteiger partial charge in [0.1, 0.15) is 30.7 Å². The first-order valence-electron chi connectivity index (χ1n) is 20.5. The van der Waals surface area contributed by atoms with Crippen molar-refractivity contribution in [1.82, 2.24) is 21.1 Å². The number of rotatable bonds is 20. The molecule has 1 fully saturated rings. The number of nitrogens with one attached hydrogen (secondary N) is 3. The van der Waals surface area contributed by atoms with Gasteiger partial charge in [0.25, 0.3) is 5.91 Å². The molecular weight excluding hydrogens is 741 g/mol. The highest BCUT2D eigenvalue weighted by atomic mass is 32.3. The zero-order valence-electron chi connectivity index (χ0n) is 36.7. The smallest absolute Gasteiger partial charge is 0.325 e. The van der Waals surface area contributed by atoms with Gasteiger partial charge < -0.3 is 29.1 Å². The van der Waals surface area contributed by atoms with Gasteiger partial charge in [-0.15, -0.1) is 0 Å². The fourth-order valence-corrected chi connectivity index (χ4v) is 7.01. The van der Waals surface area contributed by atoms with Crippen LogP contribution in [0.4, 0.5) is 0 Å². The van der Waals surface area contributed by atoms with Crippen molar-refractivity contribution >= 4 is 40.5 Å². The number of esters is 1. The summed E-state index contributed by atoms with van der Waals surface area (Å²) in [5.74, 6) is -0.488. The van der Waals surface area contributed by atoms with Crippen LogP contribution in [0.2, 0.25) is 0 Å². The van der Waals surface area contributed by atoms with E-state index in [1.165, 1.54) is 5.01 Å². The van der Waals surface area contributed by atoms with Crippen LogP contribution in [0.5, 0.6) is 5.75 Å². The molecule has 320 valence electrons. The number of hydrazine groups is 1. The van der Waals surface area contributed by atoms with Crippen molar-refractivity contribution in [3.05, 3.63) is 71.3 Å². The van der Waals surface area contributed by atoms with Gasteiger partial charge in [0.15, 0.2) is 0 Å². The van der Waals surface area contributed by atoms with E-state index in [1.54, 1.807) is 7.05 Å². The Balaban J connectivity index is 0.00000551. The number of ether oxygens (including phenoxy) is 2. The van der Waals surface area contributed by atoms with E-state index in [-0.39, 0.29) is 47.5 Å². The molecular formula is C45H72N4O7S. The summed E-state index contributed by atoms with van der Waals surface area (Å²) in [6.07, 6.45) is 12.0. The molecule has 5 unspecified atom stereocenters. The van der Waals surface area contributed by atoms with E-state index < -0.39 is 34.4 Å². The Morgan fingerprint density at radius 3 is 2.35 bits per heavy atom. The number of hydrogen-bond acceptors (Lipinski definition) is 9. The topological polar surface area (TPSA) is 135 Å². The molecule has 0 aromatic heterocycles. The molecule has 0 spiro atoms. The summed E-state index contributed by atoms with van der Waals surface area (Å²) < 4.78 is 17.9. The summed E-state index contributed by atoms with van der Waals surface area (Å²) in [5, 5.41) is 7.53. The van der Waals surface area contributed by atoms with Gasteiger partial charge in [-0.2, -0.15) is 0 Å². The molecule has 0 radical (unpaired) electrons. The van der Waals surface area contributed by atoms with Crippen LogP contribution in [-0.4, -0.2) is 90.8 Å². The molecule has 3 N–H and O–H groups in total. The summed E-state index contributed by atoms with van der Waals surface area (Å²) in [4.78, 5) is 52.2. The van der Waals surface area contributed by atoms with Crippen LogP contribution >= 0.6 is 10.3 Å². The molecule has 2 aromatic carbocycles. The number of hydrogen-bond donors (Lipinski definition) is 3. The Bertz CT molecular complexity index is 1590. The standard InChI is InChI=1S/C43H66N4O7S.C2H6/c1-11-52-38(31(4)28-48)23-13-12-17-32-18-14-20-34(25-32)29-53-42(51)36-22-16-24-47(46-36)41(50)37(45-40(49)39(44-8)30(2)3)27-33-19-15-21-35(26-33)54-55(9,10)43(5,6)7;1-2/h12,14-15,17-21,25-26,28,30-31,36-39,44,46H,11,13,16,22-24,27,29H2,1-10H3,(H,45,49);1-2H3/b17-12+;. The predicted molar refractivity (Wildman–Crippen MR) is 234 cm³/mol. The van der Waals surface area contributed by atoms with Crippen molar-refractivity contribution in [1.29, 1.82) is 0 Å². The highest BCUT2D eigenvalue weighted by Crippen LogP contribution is 2.53. The third-order valence-corrected chi connectivity index (χ3v) is 13.7. The van der Waals surface area contributed by atoms with Crippen molar-refractivity contribution in [3.63, 3.8) is 0 Å². The van der Waals surface area contributed by atoms with Gasteiger partial charge in [0, 0.05) is 30.2 Å². The summed E-state index contributed by atoms with van der Waals surface area (Å²) in [7, 11) is 0.284. The Kier molecular flexibility index (Phi) is 21.0. The third-order valence-electron chi connectivity index (χ3n) is 10.2. The summed E-state index contributed by atoms with van der Waals surface area (Å²) in [6, 6.07) is 13.4. The van der Waals surface area contributed by atoms with Gasteiger partial charge in [-0.05, 0) is 114 Å². The van der Waals surface area contributed by atoms with E-state index in [1.807, 2.05) is 96.1 Å². The van der Waals surface area contributed by atoms with E-state index in [4.69, 9.17) is 13.7 Å². The van der Waals surface area contributed by atoms with Crippen LogP contribution in [0, 0.1) is 11.8 Å². The van der Waals surface area contributed by atoms with Gasteiger partial charge in [0.05, 0.1) is 12.1 Å². The lowest BCUT2D eigenvalue weighted by Crippen LogP contribution is -2.61. The number of benzene rings is 2. The second-order valence-electron chi connectivity index (χ2n) is 16.0. The highest BCUT2D eigenvalue weighted by molar-refractivity contribution is 8.30. The molecule has 0 bridgehead atoms. The maximum atomic E-state index is 14.2. The number of aldehydes is 1. The number of allylic oxidation sites excluding steroid dienone is 1. The average Bonchev–Trinajstić information content (AvgIpc) is 3.18. The first-order valence-corrected chi connectivity index (χ1v) is 22.9. The monoisotopic (exact) mass is 813 g/mol. The van der Waals surface area contributed by atoms with Gasteiger partial charge in [-0.3, -0.25) is 19.4 Å². The zero-order chi connectivity index (χ0) is 42.8. The van der Waals surface area contributed by atoms with Gasteiger partial charge in [0.2, 0.25) is 5.91 Å². The lowest BCUT2D eigenvalue weighted by molar-refractivity contribution is -0.154. The Hall–Kier alpha value is -3.71. The fourth-order valence-electron chi connectivity index (χ4n) is 6.18. The van der Waals surface area contributed by atoms with Crippen molar-refractivity contribution in [2.24, 2.45) is 11.8 Å². The molecule has 0 saturated carbocycles. The van der Waals surface area contributed by atoms with Crippen LogP contribution in [0.1, 0.15) is 105 Å². The van der Waals surface area contributed by atoms with Gasteiger partial charge in [-0.1, -0.05) is 87.4 Å². The largest absolute Gasteiger partial charge is 0.460 e. The second-order valence-corrected chi connectivity index (χ2v) is 19.8. The van der Waals surface area contributed by atoms with Crippen molar-refractivity contribution < 1.29 is 32.8 Å². The SMILES string of the molecule is CC.CCOC(CC/C=C/c1cccc(COC(=O)C2CCCN(C(=O)C(Cc3cccc(OS(C)(C)C(C)(C)C)c3)NC(=O)C(NC)C(C)C)N2)c1)C(C)C=O. The second kappa shape index (κ2) is 24.3. The quantitative estimate of drug-likeness (QED) is 0.0923. The number of nitrogens with zero attached hydrogens (tertiary/aromatic N) is 1. The first kappa shape index (κ1) is 49.4. The van der Waals surface area contributed by atoms with Crippen LogP contribution in [0.3, 0.4) is 0 Å². The van der Waals surface area contributed by atoms with Crippen LogP contribution in [0.25, 0.3) is 6.08 Å². The summed E-state index contributed by atoms with van der Waals surface area (Å²) in [5.41, 5.74) is 5.76. The average molecular weight is 813 g/mol. The highest BCUT2D eigenvalue weighted by Gasteiger charge is 2.35.